The summed E-state index contributed by atoms with van der Waals surface area (Å²) in [5.74, 6) is 0.393. The molecule has 1 fully saturated rings. The average molecular weight is 278 g/mol. The van der Waals surface area contributed by atoms with Crippen LogP contribution in [0.4, 0.5) is 4.79 Å². The van der Waals surface area contributed by atoms with Crippen molar-refractivity contribution in [1.82, 2.24) is 4.90 Å². The van der Waals surface area contributed by atoms with Gasteiger partial charge in [-0.2, -0.15) is 0 Å². The number of nitrogens with two attached hydrogens (primary N) is 1. The molecule has 0 radical (unpaired) electrons. The molecular weight excluding hydrogens is 252 g/mol. The summed E-state index contributed by atoms with van der Waals surface area (Å²) in [6.45, 7) is 14.7. The summed E-state index contributed by atoms with van der Waals surface area (Å²) in [6, 6.07) is 0. The molecule has 1 aliphatic rings. The maximum Gasteiger partial charge on any atom is 0.410 e. The summed E-state index contributed by atoms with van der Waals surface area (Å²) >= 11 is 0. The van der Waals surface area contributed by atoms with Crippen LogP contribution in [0.25, 0.3) is 0 Å². The van der Waals surface area contributed by atoms with Crippen molar-refractivity contribution in [2.24, 2.45) is 11.7 Å². The van der Waals surface area contributed by atoms with Gasteiger partial charge in [0, 0.05) is 18.8 Å². The highest BCUT2D eigenvalue weighted by Gasteiger charge is 2.27. The van der Waals surface area contributed by atoms with Gasteiger partial charge in [0.2, 0.25) is 0 Å². The van der Waals surface area contributed by atoms with Crippen LogP contribution in [0.1, 0.15) is 33.6 Å². The summed E-state index contributed by atoms with van der Waals surface area (Å²) in [5.41, 5.74) is 6.62. The molecule has 1 rings (SSSR count). The van der Waals surface area contributed by atoms with Crippen molar-refractivity contribution in [3.8, 4) is 0 Å². The molecule has 0 saturated carbocycles. The Morgan fingerprint density at radius 2 is 1.80 bits per heavy atom. The van der Waals surface area contributed by atoms with Crippen LogP contribution in [0.2, 0.25) is 0 Å². The Hall–Kier alpha value is -1.71. The highest BCUT2D eigenvalue weighted by atomic mass is 16.6. The minimum atomic E-state index is -0.443. The van der Waals surface area contributed by atoms with E-state index in [-0.39, 0.29) is 6.09 Å². The van der Waals surface area contributed by atoms with Crippen molar-refractivity contribution in [2.75, 3.05) is 13.1 Å². The number of hydrogen-bond donors (Lipinski definition) is 1. The molecule has 4 heteroatoms. The molecule has 4 nitrogen and oxygen atoms in total. The van der Waals surface area contributed by atoms with Crippen molar-refractivity contribution < 1.29 is 9.53 Å². The summed E-state index contributed by atoms with van der Waals surface area (Å²) in [6.07, 6.45) is 5.25. The molecule has 1 saturated heterocycles. The number of piperidine rings is 1. The zero-order chi connectivity index (χ0) is 15.3. The van der Waals surface area contributed by atoms with Crippen LogP contribution >= 0.6 is 0 Å². The monoisotopic (exact) mass is 278 g/mol. The predicted octanol–water partition coefficient (Wildman–Crippen LogP) is 3.22. The predicted molar refractivity (Wildman–Crippen MR) is 82.1 cm³/mol. The second kappa shape index (κ2) is 6.64. The Kier molecular flexibility index (Phi) is 5.43. The van der Waals surface area contributed by atoms with E-state index in [1.54, 1.807) is 11.0 Å². The molecule has 0 atom stereocenters. The first-order chi connectivity index (χ1) is 9.19. The third-order valence-electron chi connectivity index (χ3n) is 3.18. The van der Waals surface area contributed by atoms with E-state index >= 15 is 0 Å². The van der Waals surface area contributed by atoms with E-state index in [9.17, 15) is 4.79 Å². The lowest BCUT2D eigenvalue weighted by Gasteiger charge is -2.33. The van der Waals surface area contributed by atoms with Gasteiger partial charge >= 0.3 is 6.09 Å². The fraction of sp³-hybridized carbons (Fsp3) is 0.562. The number of carbonyl (C=O) groups excluding carboxylic acids is 1. The van der Waals surface area contributed by atoms with Crippen molar-refractivity contribution in [1.29, 1.82) is 0 Å². The molecule has 20 heavy (non-hydrogen) atoms. The fourth-order valence-corrected chi connectivity index (χ4v) is 2.11. The Morgan fingerprint density at radius 3 is 2.25 bits per heavy atom. The van der Waals surface area contributed by atoms with Crippen LogP contribution in [-0.2, 0) is 4.74 Å². The molecule has 0 aromatic heterocycles. The second-order valence-corrected chi connectivity index (χ2v) is 6.22. The van der Waals surface area contributed by atoms with E-state index in [2.05, 4.69) is 13.2 Å². The number of allylic oxidation sites excluding steroid dienone is 3. The molecular formula is C16H26N2O2. The maximum atomic E-state index is 11.9. The number of rotatable bonds is 3. The summed E-state index contributed by atoms with van der Waals surface area (Å²) in [4.78, 5) is 13.7. The van der Waals surface area contributed by atoms with Crippen molar-refractivity contribution >= 4 is 6.09 Å². The van der Waals surface area contributed by atoms with Gasteiger partial charge in [0.25, 0.3) is 0 Å². The summed E-state index contributed by atoms with van der Waals surface area (Å²) in [7, 11) is 0. The van der Waals surface area contributed by atoms with Gasteiger partial charge in [0.1, 0.15) is 5.60 Å². The molecule has 0 aromatic rings. The lowest BCUT2D eigenvalue weighted by molar-refractivity contribution is 0.0195. The minimum Gasteiger partial charge on any atom is -0.444 e. The summed E-state index contributed by atoms with van der Waals surface area (Å²) < 4.78 is 5.37. The number of hydrogen-bond acceptors (Lipinski definition) is 3. The second-order valence-electron chi connectivity index (χ2n) is 6.22. The molecule has 0 aromatic carbocycles. The van der Waals surface area contributed by atoms with Crippen LogP contribution in [-0.4, -0.2) is 29.7 Å². The van der Waals surface area contributed by atoms with Gasteiger partial charge in [-0.1, -0.05) is 24.8 Å². The first kappa shape index (κ1) is 16.3. The van der Waals surface area contributed by atoms with Gasteiger partial charge in [-0.15, -0.1) is 0 Å². The topological polar surface area (TPSA) is 55.6 Å². The van der Waals surface area contributed by atoms with Crippen molar-refractivity contribution in [3.05, 3.63) is 36.6 Å². The third kappa shape index (κ3) is 5.51. The molecule has 0 spiro atoms. The van der Waals surface area contributed by atoms with Gasteiger partial charge < -0.3 is 15.4 Å². The Bertz CT molecular complexity index is 411. The van der Waals surface area contributed by atoms with E-state index in [1.165, 1.54) is 0 Å². The quantitative estimate of drug-likeness (QED) is 0.806. The molecule has 2 N–H and O–H groups in total. The standard InChI is InChI=1S/C16H26N2O2/c1-12(6-7-13(2)17)14-8-10-18(11-9-14)15(19)20-16(3,4)5/h6-7,14H,1-2,8-11,17H2,3-5H3/b7-6-. The van der Waals surface area contributed by atoms with Gasteiger partial charge in [-0.25, -0.2) is 4.79 Å². The van der Waals surface area contributed by atoms with Crippen molar-refractivity contribution in [2.45, 2.75) is 39.2 Å². The zero-order valence-corrected chi connectivity index (χ0v) is 12.8. The van der Waals surface area contributed by atoms with Gasteiger partial charge in [0.15, 0.2) is 0 Å². The highest BCUT2D eigenvalue weighted by Crippen LogP contribution is 2.25. The van der Waals surface area contributed by atoms with Gasteiger partial charge in [0.05, 0.1) is 0 Å². The van der Waals surface area contributed by atoms with Crippen molar-refractivity contribution in [3.63, 3.8) is 0 Å². The first-order valence-corrected chi connectivity index (χ1v) is 6.98. The SMILES string of the molecule is C=C(N)/C=C\C(=C)C1CCN(C(=O)OC(C)(C)C)CC1. The fourth-order valence-electron chi connectivity index (χ4n) is 2.11. The molecule has 112 valence electrons. The molecule has 1 aliphatic heterocycles. The Morgan fingerprint density at radius 1 is 1.25 bits per heavy atom. The normalized spacial score (nSPS) is 17.2. The lowest BCUT2D eigenvalue weighted by atomic mass is 9.90. The van der Waals surface area contributed by atoms with E-state index in [4.69, 9.17) is 10.5 Å². The number of nitrogens with zero attached hydrogens (tertiary/aromatic N) is 1. The van der Waals surface area contributed by atoms with Crippen LogP contribution in [0, 0.1) is 5.92 Å². The van der Waals surface area contributed by atoms with Crippen LogP contribution < -0.4 is 5.73 Å². The molecule has 1 heterocycles. The van der Waals surface area contributed by atoms with Crippen LogP contribution in [0.5, 0.6) is 0 Å². The third-order valence-corrected chi connectivity index (χ3v) is 3.18. The first-order valence-electron chi connectivity index (χ1n) is 6.98. The van der Waals surface area contributed by atoms with Crippen LogP contribution in [0.15, 0.2) is 36.6 Å². The minimum absolute atomic E-state index is 0.229. The number of likely N-dealkylation sites (tertiary alicyclic amines) is 1. The number of carbonyl (C=O) groups is 1. The average Bonchev–Trinajstić information content (AvgIpc) is 2.34. The summed E-state index contributed by atoms with van der Waals surface area (Å²) in [5, 5.41) is 0. The number of amides is 1. The zero-order valence-electron chi connectivity index (χ0n) is 12.8. The van der Waals surface area contributed by atoms with E-state index in [0.717, 1.165) is 18.4 Å². The number of ether oxygens (including phenoxy) is 1. The smallest absolute Gasteiger partial charge is 0.410 e. The molecule has 0 aliphatic carbocycles. The van der Waals surface area contributed by atoms with Gasteiger partial charge in [-0.3, -0.25) is 0 Å². The molecule has 0 bridgehead atoms. The Labute approximate surface area is 122 Å². The van der Waals surface area contributed by atoms with E-state index in [1.807, 2.05) is 26.8 Å². The molecule has 1 amide bonds. The highest BCUT2D eigenvalue weighted by molar-refractivity contribution is 5.68. The van der Waals surface area contributed by atoms with Gasteiger partial charge in [-0.05, 0) is 45.6 Å². The van der Waals surface area contributed by atoms with E-state index in [0.29, 0.717) is 24.7 Å². The maximum absolute atomic E-state index is 11.9. The Balaban J connectivity index is 2.46. The van der Waals surface area contributed by atoms with Crippen LogP contribution in [0.3, 0.4) is 0 Å². The molecule has 0 unspecified atom stereocenters. The largest absolute Gasteiger partial charge is 0.444 e. The lowest BCUT2D eigenvalue weighted by Crippen LogP contribution is -2.41. The van der Waals surface area contributed by atoms with E-state index < -0.39 is 5.60 Å².